The predicted octanol–water partition coefficient (Wildman–Crippen LogP) is 2.17. The fraction of sp³-hybridized carbons (Fsp3) is 0.562. The molecule has 1 aliphatic rings. The molecule has 0 amide bonds. The largest absolute Gasteiger partial charge is 0.491 e. The van der Waals surface area contributed by atoms with E-state index in [0.717, 1.165) is 6.54 Å². The molecule has 0 aliphatic carbocycles. The van der Waals surface area contributed by atoms with E-state index < -0.39 is 6.10 Å². The highest BCUT2D eigenvalue weighted by molar-refractivity contribution is 7.99. The van der Waals surface area contributed by atoms with Crippen LogP contribution in [-0.2, 0) is 0 Å². The number of rotatable bonds is 7. The zero-order chi connectivity index (χ0) is 14.9. The van der Waals surface area contributed by atoms with Crippen molar-refractivity contribution in [3.05, 3.63) is 29.8 Å². The Morgan fingerprint density at radius 3 is 2.86 bits per heavy atom. The van der Waals surface area contributed by atoms with Crippen LogP contribution in [-0.4, -0.2) is 41.9 Å². The summed E-state index contributed by atoms with van der Waals surface area (Å²) in [6, 6.07) is 8.97. The second-order valence-electron chi connectivity index (χ2n) is 5.25. The molecule has 1 aromatic rings. The monoisotopic (exact) mass is 306 g/mol. The van der Waals surface area contributed by atoms with Crippen LogP contribution in [0.2, 0.25) is 0 Å². The first-order valence-corrected chi connectivity index (χ1v) is 8.46. The average molecular weight is 306 g/mol. The van der Waals surface area contributed by atoms with Crippen LogP contribution in [0.25, 0.3) is 0 Å². The molecule has 0 radical (unpaired) electrons. The summed E-state index contributed by atoms with van der Waals surface area (Å²) in [7, 11) is 0. The smallest absolute Gasteiger partial charge is 0.119 e. The van der Waals surface area contributed by atoms with Crippen LogP contribution < -0.4 is 10.1 Å². The molecule has 2 N–H and O–H groups in total. The summed E-state index contributed by atoms with van der Waals surface area (Å²) in [5, 5.41) is 22.6. The van der Waals surface area contributed by atoms with Gasteiger partial charge in [-0.05, 0) is 42.9 Å². The molecule has 0 spiro atoms. The molecule has 1 saturated heterocycles. The quantitative estimate of drug-likeness (QED) is 0.808. The minimum Gasteiger partial charge on any atom is -0.491 e. The molecule has 21 heavy (non-hydrogen) atoms. The van der Waals surface area contributed by atoms with Crippen molar-refractivity contribution in [2.24, 2.45) is 0 Å². The summed E-state index contributed by atoms with van der Waals surface area (Å²) in [6.07, 6.45) is 3.41. The van der Waals surface area contributed by atoms with Crippen LogP contribution in [0.5, 0.6) is 5.75 Å². The van der Waals surface area contributed by atoms with Crippen molar-refractivity contribution in [2.45, 2.75) is 30.6 Å². The van der Waals surface area contributed by atoms with Crippen molar-refractivity contribution in [3.63, 3.8) is 0 Å². The van der Waals surface area contributed by atoms with Gasteiger partial charge in [0.2, 0.25) is 0 Å². The van der Waals surface area contributed by atoms with Gasteiger partial charge in [-0.25, -0.2) is 0 Å². The van der Waals surface area contributed by atoms with E-state index in [0.29, 0.717) is 23.1 Å². The van der Waals surface area contributed by atoms with Gasteiger partial charge in [-0.1, -0.05) is 6.42 Å². The third-order valence-electron chi connectivity index (χ3n) is 3.45. The zero-order valence-electron chi connectivity index (χ0n) is 12.1. The van der Waals surface area contributed by atoms with E-state index in [-0.39, 0.29) is 6.61 Å². The fourth-order valence-corrected chi connectivity index (χ4v) is 3.53. The molecule has 1 aromatic carbocycles. The van der Waals surface area contributed by atoms with Crippen LogP contribution in [0.1, 0.15) is 24.8 Å². The lowest BCUT2D eigenvalue weighted by molar-refractivity contribution is 0.106. The zero-order valence-corrected chi connectivity index (χ0v) is 12.9. The number of hydrogen-bond donors (Lipinski definition) is 2. The molecule has 0 saturated carbocycles. The number of thioether (sulfide) groups is 1. The van der Waals surface area contributed by atoms with Gasteiger partial charge < -0.3 is 15.2 Å². The van der Waals surface area contributed by atoms with Crippen LogP contribution in [0, 0.1) is 11.3 Å². The number of nitriles is 1. The molecule has 0 aromatic heterocycles. The molecular weight excluding hydrogens is 284 g/mol. The van der Waals surface area contributed by atoms with E-state index in [1.165, 1.54) is 25.0 Å². The van der Waals surface area contributed by atoms with Crippen LogP contribution >= 0.6 is 11.8 Å². The van der Waals surface area contributed by atoms with Gasteiger partial charge in [0, 0.05) is 18.3 Å². The van der Waals surface area contributed by atoms with E-state index in [1.54, 1.807) is 24.3 Å². The number of aliphatic hydroxyl groups excluding tert-OH is 1. The lowest BCUT2D eigenvalue weighted by atomic mass is 10.2. The lowest BCUT2D eigenvalue weighted by Crippen LogP contribution is -2.35. The van der Waals surface area contributed by atoms with Crippen LogP contribution in [0.15, 0.2) is 24.3 Å². The molecule has 5 heteroatoms. The highest BCUT2D eigenvalue weighted by atomic mass is 32.2. The predicted molar refractivity (Wildman–Crippen MR) is 85.6 cm³/mol. The number of nitrogens with zero attached hydrogens (tertiary/aromatic N) is 1. The van der Waals surface area contributed by atoms with E-state index in [2.05, 4.69) is 11.4 Å². The maximum absolute atomic E-state index is 9.89. The van der Waals surface area contributed by atoms with Crippen LogP contribution in [0.3, 0.4) is 0 Å². The number of nitrogens with one attached hydrogen (secondary N) is 1. The van der Waals surface area contributed by atoms with Gasteiger partial charge in [0.1, 0.15) is 18.5 Å². The molecule has 2 unspecified atom stereocenters. The Morgan fingerprint density at radius 2 is 2.19 bits per heavy atom. The van der Waals surface area contributed by atoms with Crippen molar-refractivity contribution in [1.29, 1.82) is 5.26 Å². The number of aliphatic hydroxyl groups is 1. The summed E-state index contributed by atoms with van der Waals surface area (Å²) in [5.41, 5.74) is 0.606. The molecule has 4 nitrogen and oxygen atoms in total. The molecule has 2 rings (SSSR count). The summed E-state index contributed by atoms with van der Waals surface area (Å²) in [4.78, 5) is 0. The summed E-state index contributed by atoms with van der Waals surface area (Å²) in [6.45, 7) is 1.77. The molecular formula is C16H22N2O2S. The maximum atomic E-state index is 9.89. The Labute approximate surface area is 130 Å². The Bertz CT molecular complexity index is 452. The first-order chi connectivity index (χ1) is 10.3. The third kappa shape index (κ3) is 5.96. The minimum absolute atomic E-state index is 0.261. The SMILES string of the molecule is N#Cc1ccc(OCC(O)CNCC2CCCCS2)cc1. The van der Waals surface area contributed by atoms with Gasteiger partial charge in [0.15, 0.2) is 0 Å². The first kappa shape index (κ1) is 16.2. The highest BCUT2D eigenvalue weighted by Crippen LogP contribution is 2.24. The Kier molecular flexibility index (Phi) is 6.87. The molecule has 1 fully saturated rings. The number of ether oxygens (including phenoxy) is 1. The Morgan fingerprint density at radius 1 is 1.38 bits per heavy atom. The first-order valence-electron chi connectivity index (χ1n) is 7.41. The summed E-state index contributed by atoms with van der Waals surface area (Å²) in [5.74, 6) is 1.94. The Hall–Kier alpha value is -1.22. The molecule has 1 heterocycles. The normalized spacial score (nSPS) is 19.7. The second-order valence-corrected chi connectivity index (χ2v) is 6.66. The molecule has 1 aliphatic heterocycles. The van der Waals surface area contributed by atoms with E-state index in [4.69, 9.17) is 10.00 Å². The van der Waals surface area contributed by atoms with Gasteiger partial charge >= 0.3 is 0 Å². The van der Waals surface area contributed by atoms with Crippen molar-refractivity contribution < 1.29 is 9.84 Å². The Balaban J connectivity index is 1.60. The van der Waals surface area contributed by atoms with Gasteiger partial charge in [-0.15, -0.1) is 0 Å². The molecule has 2 atom stereocenters. The fourth-order valence-electron chi connectivity index (χ4n) is 2.26. The van der Waals surface area contributed by atoms with E-state index in [9.17, 15) is 5.11 Å². The topological polar surface area (TPSA) is 65.3 Å². The highest BCUT2D eigenvalue weighted by Gasteiger charge is 2.14. The standard InChI is InChI=1S/C16H22N2O2S/c17-9-13-4-6-15(7-5-13)20-12-14(19)10-18-11-16-3-1-2-8-21-16/h4-7,14,16,18-19H,1-3,8,10-12H2. The van der Waals surface area contributed by atoms with Crippen molar-refractivity contribution in [2.75, 3.05) is 25.4 Å². The van der Waals surface area contributed by atoms with Crippen LogP contribution in [0.4, 0.5) is 0 Å². The van der Waals surface area contributed by atoms with Gasteiger partial charge in [0.05, 0.1) is 11.6 Å². The number of hydrogen-bond acceptors (Lipinski definition) is 5. The molecule has 0 bridgehead atoms. The van der Waals surface area contributed by atoms with Gasteiger partial charge in [-0.3, -0.25) is 0 Å². The van der Waals surface area contributed by atoms with Crippen molar-refractivity contribution in [3.8, 4) is 11.8 Å². The average Bonchev–Trinajstić information content (AvgIpc) is 2.54. The maximum Gasteiger partial charge on any atom is 0.119 e. The van der Waals surface area contributed by atoms with E-state index in [1.807, 2.05) is 11.8 Å². The van der Waals surface area contributed by atoms with Crippen molar-refractivity contribution >= 4 is 11.8 Å². The summed E-state index contributed by atoms with van der Waals surface area (Å²) < 4.78 is 5.51. The van der Waals surface area contributed by atoms with Crippen molar-refractivity contribution in [1.82, 2.24) is 5.32 Å². The second kappa shape index (κ2) is 8.93. The summed E-state index contributed by atoms with van der Waals surface area (Å²) >= 11 is 2.03. The van der Waals surface area contributed by atoms with Gasteiger partial charge in [-0.2, -0.15) is 17.0 Å². The van der Waals surface area contributed by atoms with Gasteiger partial charge in [0.25, 0.3) is 0 Å². The number of benzene rings is 1. The molecule has 114 valence electrons. The third-order valence-corrected chi connectivity index (χ3v) is 4.85. The van der Waals surface area contributed by atoms with E-state index >= 15 is 0 Å². The lowest BCUT2D eigenvalue weighted by Gasteiger charge is -2.22. The minimum atomic E-state index is -0.519.